The minimum absolute atomic E-state index is 0.166. The molecule has 0 bridgehead atoms. The third-order valence-electron chi connectivity index (χ3n) is 4.89. The van der Waals surface area contributed by atoms with Crippen LogP contribution in [0.5, 0.6) is 0 Å². The van der Waals surface area contributed by atoms with E-state index in [-0.39, 0.29) is 11.9 Å². The molecule has 1 aliphatic heterocycles. The second-order valence-electron chi connectivity index (χ2n) is 6.52. The fraction of sp³-hybridized carbons (Fsp3) is 0.444. The number of hydrogen-bond acceptors (Lipinski definition) is 6. The van der Waals surface area contributed by atoms with Gasteiger partial charge in [-0.05, 0) is 30.7 Å². The Labute approximate surface area is 156 Å². The predicted molar refractivity (Wildman–Crippen MR) is 103 cm³/mol. The van der Waals surface area contributed by atoms with Gasteiger partial charge in [0, 0.05) is 25.7 Å². The van der Waals surface area contributed by atoms with Crippen molar-refractivity contribution in [1.29, 1.82) is 0 Å². The first-order chi connectivity index (χ1) is 12.8. The van der Waals surface area contributed by atoms with Crippen LogP contribution in [0.4, 0.5) is 5.82 Å². The molecule has 0 aromatic carbocycles. The van der Waals surface area contributed by atoms with Gasteiger partial charge in [-0.3, -0.25) is 9.89 Å². The highest BCUT2D eigenvalue weighted by Crippen LogP contribution is 2.27. The Hall–Kier alpha value is -2.48. The molecule has 0 spiro atoms. The van der Waals surface area contributed by atoms with E-state index in [2.05, 4.69) is 36.9 Å². The zero-order valence-electron chi connectivity index (χ0n) is 14.8. The molecule has 1 aliphatic rings. The number of piperidine rings is 1. The topological polar surface area (TPSA) is 78.0 Å². The average Bonchev–Trinajstić information content (AvgIpc) is 3.37. The summed E-state index contributed by atoms with van der Waals surface area (Å²) in [7, 11) is 0. The highest BCUT2D eigenvalue weighted by molar-refractivity contribution is 7.12. The molecule has 7 nitrogen and oxygen atoms in total. The zero-order valence-corrected chi connectivity index (χ0v) is 15.6. The highest BCUT2D eigenvalue weighted by atomic mass is 32.1. The van der Waals surface area contributed by atoms with E-state index in [0.29, 0.717) is 0 Å². The lowest BCUT2D eigenvalue weighted by molar-refractivity contribution is 0.0655. The Morgan fingerprint density at radius 1 is 1.38 bits per heavy atom. The van der Waals surface area contributed by atoms with Gasteiger partial charge in [-0.15, -0.1) is 11.3 Å². The van der Waals surface area contributed by atoms with E-state index in [1.54, 1.807) is 12.5 Å². The standard InChI is InChI=1S/C18H22N6OS/c1-2-7-24(18(25)15-4-3-10-26-15)13-5-8-23(9-6-13)17-14-11-21-22-16(14)19-12-20-17/h3-4,10-13H,2,5-9H2,1H3,(H,19,20,21,22). The number of carbonyl (C=O) groups is 1. The number of anilines is 1. The van der Waals surface area contributed by atoms with Crippen molar-refractivity contribution >= 4 is 34.1 Å². The lowest BCUT2D eigenvalue weighted by Gasteiger charge is -2.39. The molecule has 8 heteroatoms. The van der Waals surface area contributed by atoms with Gasteiger partial charge >= 0.3 is 0 Å². The van der Waals surface area contributed by atoms with Crippen LogP contribution in [0.3, 0.4) is 0 Å². The van der Waals surface area contributed by atoms with Crippen molar-refractivity contribution in [3.63, 3.8) is 0 Å². The Morgan fingerprint density at radius 3 is 2.96 bits per heavy atom. The van der Waals surface area contributed by atoms with Crippen LogP contribution in [-0.4, -0.2) is 56.6 Å². The van der Waals surface area contributed by atoms with Crippen LogP contribution in [0.1, 0.15) is 35.9 Å². The molecule has 1 amide bonds. The first-order valence-corrected chi connectivity index (χ1v) is 9.89. The number of carbonyl (C=O) groups excluding carboxylic acids is 1. The lowest BCUT2D eigenvalue weighted by Crippen LogP contribution is -2.47. The van der Waals surface area contributed by atoms with Crippen LogP contribution >= 0.6 is 11.3 Å². The summed E-state index contributed by atoms with van der Waals surface area (Å²) in [6, 6.07) is 4.14. The van der Waals surface area contributed by atoms with Gasteiger partial charge < -0.3 is 9.80 Å². The molecule has 0 radical (unpaired) electrons. The summed E-state index contributed by atoms with van der Waals surface area (Å²) in [4.78, 5) is 26.7. The van der Waals surface area contributed by atoms with Crippen molar-refractivity contribution in [2.45, 2.75) is 32.2 Å². The van der Waals surface area contributed by atoms with Gasteiger partial charge in [0.2, 0.25) is 0 Å². The van der Waals surface area contributed by atoms with Crippen LogP contribution in [0.15, 0.2) is 30.0 Å². The number of nitrogens with one attached hydrogen (secondary N) is 1. The molecule has 4 rings (SSSR count). The zero-order chi connectivity index (χ0) is 17.9. The van der Waals surface area contributed by atoms with Crippen molar-refractivity contribution in [1.82, 2.24) is 25.1 Å². The molecule has 4 heterocycles. The second kappa shape index (κ2) is 7.41. The number of aromatic nitrogens is 4. The van der Waals surface area contributed by atoms with Gasteiger partial charge in [0.25, 0.3) is 5.91 Å². The van der Waals surface area contributed by atoms with E-state index in [9.17, 15) is 4.79 Å². The van der Waals surface area contributed by atoms with E-state index in [4.69, 9.17) is 0 Å². The minimum Gasteiger partial charge on any atom is -0.356 e. The van der Waals surface area contributed by atoms with Gasteiger partial charge in [-0.25, -0.2) is 9.97 Å². The quantitative estimate of drug-likeness (QED) is 0.747. The van der Waals surface area contributed by atoms with Crippen LogP contribution < -0.4 is 4.90 Å². The van der Waals surface area contributed by atoms with Gasteiger partial charge in [0.1, 0.15) is 12.1 Å². The Morgan fingerprint density at radius 2 is 2.23 bits per heavy atom. The number of aromatic amines is 1. The first kappa shape index (κ1) is 17.0. The normalized spacial score (nSPS) is 15.5. The van der Waals surface area contributed by atoms with Gasteiger partial charge in [-0.1, -0.05) is 13.0 Å². The first-order valence-electron chi connectivity index (χ1n) is 9.01. The Kier molecular flexibility index (Phi) is 4.83. The predicted octanol–water partition coefficient (Wildman–Crippen LogP) is 2.94. The summed E-state index contributed by atoms with van der Waals surface area (Å²) in [5.74, 6) is 1.09. The van der Waals surface area contributed by atoms with Crippen LogP contribution in [0.2, 0.25) is 0 Å². The fourth-order valence-corrected chi connectivity index (χ4v) is 4.31. The summed E-state index contributed by atoms with van der Waals surface area (Å²) in [5, 5.41) is 9.88. The molecule has 3 aromatic heterocycles. The average molecular weight is 370 g/mol. The molecule has 3 aromatic rings. The second-order valence-corrected chi connectivity index (χ2v) is 7.47. The molecule has 0 atom stereocenters. The Balaban J connectivity index is 1.48. The molecular weight excluding hydrogens is 348 g/mol. The third-order valence-corrected chi connectivity index (χ3v) is 5.75. The summed E-state index contributed by atoms with van der Waals surface area (Å²) >= 11 is 1.52. The maximum absolute atomic E-state index is 12.9. The molecular formula is C18H22N6OS. The van der Waals surface area contributed by atoms with Crippen molar-refractivity contribution in [2.75, 3.05) is 24.5 Å². The molecule has 0 saturated carbocycles. The van der Waals surface area contributed by atoms with Crippen LogP contribution in [-0.2, 0) is 0 Å². The number of rotatable bonds is 5. The van der Waals surface area contributed by atoms with E-state index in [1.165, 1.54) is 11.3 Å². The Bertz CT molecular complexity index is 869. The van der Waals surface area contributed by atoms with Crippen molar-refractivity contribution in [2.24, 2.45) is 0 Å². The van der Waals surface area contributed by atoms with E-state index in [1.807, 2.05) is 17.5 Å². The number of amides is 1. The molecule has 0 aliphatic carbocycles. The van der Waals surface area contributed by atoms with Gasteiger partial charge in [0.15, 0.2) is 5.65 Å². The molecule has 136 valence electrons. The van der Waals surface area contributed by atoms with E-state index in [0.717, 1.165) is 60.6 Å². The molecule has 1 fully saturated rings. The molecule has 1 N–H and O–H groups in total. The maximum atomic E-state index is 12.9. The van der Waals surface area contributed by atoms with Gasteiger partial charge in [-0.2, -0.15) is 5.10 Å². The highest BCUT2D eigenvalue weighted by Gasteiger charge is 2.29. The number of thiophene rings is 1. The van der Waals surface area contributed by atoms with Crippen LogP contribution in [0.25, 0.3) is 11.0 Å². The lowest BCUT2D eigenvalue weighted by atomic mass is 10.0. The molecule has 1 saturated heterocycles. The largest absolute Gasteiger partial charge is 0.356 e. The van der Waals surface area contributed by atoms with Crippen molar-refractivity contribution in [3.8, 4) is 0 Å². The minimum atomic E-state index is 0.166. The summed E-state index contributed by atoms with van der Waals surface area (Å²) in [5.41, 5.74) is 0.762. The smallest absolute Gasteiger partial charge is 0.264 e. The number of hydrogen-bond donors (Lipinski definition) is 1. The number of fused-ring (bicyclic) bond motifs is 1. The monoisotopic (exact) mass is 370 g/mol. The SMILES string of the molecule is CCCN(C(=O)c1cccs1)C1CCN(c2ncnc3[nH]ncc23)CC1. The third kappa shape index (κ3) is 3.16. The van der Waals surface area contributed by atoms with Crippen LogP contribution in [0, 0.1) is 0 Å². The summed E-state index contributed by atoms with van der Waals surface area (Å²) < 4.78 is 0. The summed E-state index contributed by atoms with van der Waals surface area (Å²) in [6.45, 7) is 4.68. The molecule has 0 unspecified atom stereocenters. The number of H-pyrrole nitrogens is 1. The maximum Gasteiger partial charge on any atom is 0.264 e. The van der Waals surface area contributed by atoms with Crippen molar-refractivity contribution in [3.05, 3.63) is 34.9 Å². The number of nitrogens with zero attached hydrogens (tertiary/aromatic N) is 5. The van der Waals surface area contributed by atoms with E-state index < -0.39 is 0 Å². The van der Waals surface area contributed by atoms with E-state index >= 15 is 0 Å². The fourth-order valence-electron chi connectivity index (χ4n) is 3.63. The molecule has 26 heavy (non-hydrogen) atoms. The van der Waals surface area contributed by atoms with Crippen molar-refractivity contribution < 1.29 is 4.79 Å². The summed E-state index contributed by atoms with van der Waals surface area (Å²) in [6.07, 6.45) is 6.21. The van der Waals surface area contributed by atoms with Gasteiger partial charge in [0.05, 0.1) is 16.5 Å².